The second-order valence-electron chi connectivity index (χ2n) is 7.40. The minimum absolute atomic E-state index is 0.0186. The Hall–Kier alpha value is -2.96. The molecule has 0 unspecified atom stereocenters. The van der Waals surface area contributed by atoms with Crippen LogP contribution in [0.3, 0.4) is 0 Å². The van der Waals surface area contributed by atoms with Gasteiger partial charge in [-0.3, -0.25) is 9.83 Å². The van der Waals surface area contributed by atoms with Crippen molar-refractivity contribution in [3.05, 3.63) is 81.6 Å². The van der Waals surface area contributed by atoms with Crippen molar-refractivity contribution >= 4 is 17.4 Å². The maximum Gasteiger partial charge on any atom is 0.160 e. The number of halogens is 1. The van der Waals surface area contributed by atoms with E-state index in [0.29, 0.717) is 34.7 Å². The molecule has 1 aliphatic rings. The van der Waals surface area contributed by atoms with Crippen LogP contribution in [0.4, 0.5) is 0 Å². The van der Waals surface area contributed by atoms with Crippen LogP contribution in [-0.4, -0.2) is 28.7 Å². The largest absolute Gasteiger partial charge is 0.455 e. The number of nitrogens with one attached hydrogen (secondary N) is 1. The molecule has 4 rings (SSSR count). The van der Waals surface area contributed by atoms with Gasteiger partial charge in [0, 0.05) is 5.02 Å². The fourth-order valence-electron chi connectivity index (χ4n) is 3.36. The van der Waals surface area contributed by atoms with Crippen LogP contribution in [0.2, 0.25) is 5.02 Å². The summed E-state index contributed by atoms with van der Waals surface area (Å²) in [4.78, 5) is 10.5. The Morgan fingerprint density at radius 1 is 1.13 bits per heavy atom. The van der Waals surface area contributed by atoms with Crippen molar-refractivity contribution in [1.82, 2.24) is 15.7 Å². The molecule has 1 N–H and O–H groups in total. The monoisotopic (exact) mass is 422 g/mol. The zero-order chi connectivity index (χ0) is 21.1. The van der Waals surface area contributed by atoms with Gasteiger partial charge in [0.2, 0.25) is 0 Å². The molecule has 0 radical (unpaired) electrons. The van der Waals surface area contributed by atoms with Gasteiger partial charge in [0.25, 0.3) is 0 Å². The number of hydrogen-bond donors (Lipinski definition) is 1. The number of hydrogen-bond acceptors (Lipinski definition) is 6. The maximum absolute atomic E-state index is 6.08. The molecule has 154 valence electrons. The Labute approximate surface area is 180 Å². The molecule has 1 atom stereocenters. The highest BCUT2D eigenvalue weighted by Gasteiger charge is 2.23. The molecule has 3 aromatic rings. The van der Waals surface area contributed by atoms with Gasteiger partial charge in [-0.25, -0.2) is 5.48 Å². The molecule has 30 heavy (non-hydrogen) atoms. The van der Waals surface area contributed by atoms with Crippen molar-refractivity contribution in [2.75, 3.05) is 6.61 Å². The molecule has 0 amide bonds. The second-order valence-corrected chi connectivity index (χ2v) is 7.83. The number of aromatic nitrogens is 2. The minimum Gasteiger partial charge on any atom is -0.455 e. The summed E-state index contributed by atoms with van der Waals surface area (Å²) in [6.45, 7) is 6.59. The van der Waals surface area contributed by atoms with Gasteiger partial charge in [0.1, 0.15) is 5.75 Å². The van der Waals surface area contributed by atoms with Crippen molar-refractivity contribution in [2.24, 2.45) is 4.99 Å². The number of nitrogens with zero attached hydrogens (tertiary/aromatic N) is 3. The van der Waals surface area contributed by atoms with E-state index < -0.39 is 0 Å². The van der Waals surface area contributed by atoms with Crippen molar-refractivity contribution in [3.63, 3.8) is 0 Å². The summed E-state index contributed by atoms with van der Waals surface area (Å²) in [6, 6.07) is 13.7. The van der Waals surface area contributed by atoms with Crippen LogP contribution in [0.5, 0.6) is 11.5 Å². The topological polar surface area (TPSA) is 68.6 Å². The molecule has 6 nitrogen and oxygen atoms in total. The smallest absolute Gasteiger partial charge is 0.160 e. The van der Waals surface area contributed by atoms with E-state index in [9.17, 15) is 0 Å². The Morgan fingerprint density at radius 2 is 2.00 bits per heavy atom. The molecular weight excluding hydrogens is 400 g/mol. The lowest BCUT2D eigenvalue weighted by atomic mass is 10.0. The van der Waals surface area contributed by atoms with Crippen molar-refractivity contribution in [2.45, 2.75) is 33.2 Å². The SMILES string of the molecule is Cc1ccc(C[C@@H]2CONC(c3c(Oc4cccc(Cl)c4)cnnc3C)=N2)cc1C. The molecular formula is C23H23ClN4O2. The van der Waals surface area contributed by atoms with Crippen molar-refractivity contribution in [3.8, 4) is 11.5 Å². The molecule has 0 aliphatic carbocycles. The van der Waals surface area contributed by atoms with E-state index in [4.69, 9.17) is 26.2 Å². The zero-order valence-corrected chi connectivity index (χ0v) is 17.9. The maximum atomic E-state index is 6.08. The molecule has 2 aromatic carbocycles. The van der Waals surface area contributed by atoms with Gasteiger partial charge < -0.3 is 4.74 Å². The number of hydroxylamine groups is 1. The molecule has 0 saturated heterocycles. The molecule has 0 spiro atoms. The van der Waals surface area contributed by atoms with Gasteiger partial charge in [-0.15, -0.1) is 0 Å². The van der Waals surface area contributed by atoms with Gasteiger partial charge in [-0.1, -0.05) is 35.9 Å². The predicted octanol–water partition coefficient (Wildman–Crippen LogP) is 4.74. The quantitative estimate of drug-likeness (QED) is 0.643. The minimum atomic E-state index is -0.0186. The summed E-state index contributed by atoms with van der Waals surface area (Å²) in [5.74, 6) is 1.73. The van der Waals surface area contributed by atoms with Crippen molar-refractivity contribution in [1.29, 1.82) is 0 Å². The fraction of sp³-hybridized carbons (Fsp3) is 0.261. The van der Waals surface area contributed by atoms with E-state index >= 15 is 0 Å². The average molecular weight is 423 g/mol. The average Bonchev–Trinajstić information content (AvgIpc) is 2.71. The Morgan fingerprint density at radius 3 is 2.80 bits per heavy atom. The first kappa shape index (κ1) is 20.3. The molecule has 2 heterocycles. The van der Waals surface area contributed by atoms with Crippen LogP contribution in [0.25, 0.3) is 0 Å². The third-order valence-electron chi connectivity index (χ3n) is 5.05. The van der Waals surface area contributed by atoms with E-state index in [1.165, 1.54) is 16.7 Å². The zero-order valence-electron chi connectivity index (χ0n) is 17.1. The summed E-state index contributed by atoms with van der Waals surface area (Å²) >= 11 is 6.08. The number of aryl methyl sites for hydroxylation is 3. The van der Waals surface area contributed by atoms with Gasteiger partial charge >= 0.3 is 0 Å². The fourth-order valence-corrected chi connectivity index (χ4v) is 3.54. The Bertz CT molecular complexity index is 1100. The van der Waals surface area contributed by atoms with E-state index in [0.717, 1.165) is 12.0 Å². The molecule has 0 fully saturated rings. The summed E-state index contributed by atoms with van der Waals surface area (Å²) in [7, 11) is 0. The molecule has 0 saturated carbocycles. The van der Waals surface area contributed by atoms with Gasteiger partial charge in [-0.05, 0) is 62.1 Å². The first-order valence-electron chi connectivity index (χ1n) is 9.77. The number of benzene rings is 2. The van der Waals surface area contributed by atoms with Crippen LogP contribution in [0, 0.1) is 20.8 Å². The van der Waals surface area contributed by atoms with E-state index in [-0.39, 0.29) is 6.04 Å². The van der Waals surface area contributed by atoms with Gasteiger partial charge in [-0.2, -0.15) is 10.2 Å². The third kappa shape index (κ3) is 4.61. The van der Waals surface area contributed by atoms with E-state index in [2.05, 4.69) is 47.7 Å². The summed E-state index contributed by atoms with van der Waals surface area (Å²) < 4.78 is 6.04. The standard InChI is InChI=1S/C23H23ClN4O2/c1-14-7-8-17(9-15(14)2)10-19-13-29-28-23(26-19)22-16(3)27-25-12-21(22)30-20-6-4-5-18(24)11-20/h4-9,11-12,19H,10,13H2,1-3H3,(H,26,28)/t19-/m1/s1. The normalized spacial score (nSPS) is 16.0. The van der Waals surface area contributed by atoms with Crippen LogP contribution >= 0.6 is 11.6 Å². The highest BCUT2D eigenvalue weighted by molar-refractivity contribution is 6.30. The van der Waals surface area contributed by atoms with Crippen LogP contribution in [0.1, 0.15) is 27.9 Å². The molecule has 7 heteroatoms. The van der Waals surface area contributed by atoms with Crippen LogP contribution in [-0.2, 0) is 11.3 Å². The first-order valence-corrected chi connectivity index (χ1v) is 10.1. The van der Waals surface area contributed by atoms with E-state index in [1.54, 1.807) is 18.3 Å². The van der Waals surface area contributed by atoms with Crippen LogP contribution < -0.4 is 10.2 Å². The van der Waals surface area contributed by atoms with E-state index in [1.807, 2.05) is 19.1 Å². The lowest BCUT2D eigenvalue weighted by Gasteiger charge is -2.23. The second kappa shape index (κ2) is 8.81. The number of aliphatic imine (C=N–C) groups is 1. The number of rotatable bonds is 5. The molecule has 0 bridgehead atoms. The summed E-state index contributed by atoms with van der Waals surface area (Å²) in [5.41, 5.74) is 8.13. The van der Waals surface area contributed by atoms with Crippen LogP contribution in [0.15, 0.2) is 53.7 Å². The lowest BCUT2D eigenvalue weighted by Crippen LogP contribution is -2.37. The summed E-state index contributed by atoms with van der Waals surface area (Å²) in [6.07, 6.45) is 2.36. The van der Waals surface area contributed by atoms with Gasteiger partial charge in [0.05, 0.1) is 30.1 Å². The Balaban J connectivity index is 1.63. The number of amidine groups is 1. The molecule has 1 aliphatic heterocycles. The highest BCUT2D eigenvalue weighted by atomic mass is 35.5. The highest BCUT2D eigenvalue weighted by Crippen LogP contribution is 2.28. The third-order valence-corrected chi connectivity index (χ3v) is 5.29. The Kier molecular flexibility index (Phi) is 5.97. The number of ether oxygens (including phenoxy) is 1. The lowest BCUT2D eigenvalue weighted by molar-refractivity contribution is 0.0623. The first-order chi connectivity index (χ1) is 14.5. The van der Waals surface area contributed by atoms with Gasteiger partial charge in [0.15, 0.2) is 11.6 Å². The summed E-state index contributed by atoms with van der Waals surface area (Å²) in [5, 5.41) is 8.80. The predicted molar refractivity (Wildman–Crippen MR) is 117 cm³/mol. The molecule has 1 aromatic heterocycles. The van der Waals surface area contributed by atoms with Crippen molar-refractivity contribution < 1.29 is 9.57 Å².